The molecule has 2 amide bonds. The lowest BCUT2D eigenvalue weighted by atomic mass is 10.0. The summed E-state index contributed by atoms with van der Waals surface area (Å²) in [5.74, 6) is -1.46. The number of halogens is 2. The van der Waals surface area contributed by atoms with Crippen LogP contribution in [-0.4, -0.2) is 38.6 Å². The number of amides is 2. The van der Waals surface area contributed by atoms with E-state index >= 15 is 0 Å². The number of rotatable bonds is 8. The Morgan fingerprint density at radius 1 is 1.03 bits per heavy atom. The molecule has 0 aliphatic carbocycles. The smallest absolute Gasteiger partial charge is 0.253 e. The fourth-order valence-electron chi connectivity index (χ4n) is 2.59. The topological polar surface area (TPSA) is 92.3 Å². The molecular formula is C20H22Cl2N2O4S. The van der Waals surface area contributed by atoms with Crippen molar-refractivity contribution in [3.05, 3.63) is 64.1 Å². The van der Waals surface area contributed by atoms with Crippen LogP contribution in [0.3, 0.4) is 0 Å². The van der Waals surface area contributed by atoms with E-state index in [1.807, 2.05) is 0 Å². The van der Waals surface area contributed by atoms with Gasteiger partial charge in [0.1, 0.15) is 6.04 Å². The minimum atomic E-state index is -3.51. The zero-order valence-electron chi connectivity index (χ0n) is 16.0. The van der Waals surface area contributed by atoms with Gasteiger partial charge in [0.15, 0.2) is 9.84 Å². The highest BCUT2D eigenvalue weighted by molar-refractivity contribution is 7.91. The van der Waals surface area contributed by atoms with Gasteiger partial charge in [-0.15, -0.1) is 0 Å². The second-order valence-electron chi connectivity index (χ2n) is 6.74. The lowest BCUT2D eigenvalue weighted by Gasteiger charge is -2.22. The van der Waals surface area contributed by atoms with Gasteiger partial charge in [-0.3, -0.25) is 9.59 Å². The van der Waals surface area contributed by atoms with Crippen LogP contribution >= 0.6 is 23.2 Å². The van der Waals surface area contributed by atoms with E-state index in [2.05, 4.69) is 10.6 Å². The normalized spacial score (nSPS) is 12.4. The van der Waals surface area contributed by atoms with Crippen LogP contribution in [0.2, 0.25) is 10.0 Å². The molecule has 2 rings (SSSR count). The highest BCUT2D eigenvalue weighted by atomic mass is 35.5. The van der Waals surface area contributed by atoms with Gasteiger partial charge in [0, 0.05) is 11.6 Å². The number of hydrogen-bond donors (Lipinski definition) is 2. The standard InChI is InChI=1S/C20H22Cl2N2O4S/c1-13(2)18(24-19(25)16-9-8-14(21)12-17(16)22)20(26)23-10-11-29(27,28)15-6-4-3-5-7-15/h3-9,12-13,18H,10-11H2,1-2H3,(H,23,26)(H,24,25). The van der Waals surface area contributed by atoms with Gasteiger partial charge >= 0.3 is 0 Å². The lowest BCUT2D eigenvalue weighted by Crippen LogP contribution is -2.50. The molecule has 6 nitrogen and oxygen atoms in total. The highest BCUT2D eigenvalue weighted by Crippen LogP contribution is 2.21. The number of carbonyl (C=O) groups is 2. The number of benzene rings is 2. The molecule has 0 aliphatic heterocycles. The first-order valence-electron chi connectivity index (χ1n) is 8.93. The first-order chi connectivity index (χ1) is 13.6. The van der Waals surface area contributed by atoms with Crippen molar-refractivity contribution in [2.75, 3.05) is 12.3 Å². The molecule has 2 aromatic rings. The predicted octanol–water partition coefficient (Wildman–Crippen LogP) is 3.34. The van der Waals surface area contributed by atoms with Crippen LogP contribution in [0.1, 0.15) is 24.2 Å². The number of carbonyl (C=O) groups excluding carboxylic acids is 2. The fourth-order valence-corrected chi connectivity index (χ4v) is 4.26. The first kappa shape index (κ1) is 23.2. The van der Waals surface area contributed by atoms with E-state index in [-0.39, 0.29) is 33.7 Å². The quantitative estimate of drug-likeness (QED) is 0.636. The zero-order valence-corrected chi connectivity index (χ0v) is 18.3. The predicted molar refractivity (Wildman–Crippen MR) is 114 cm³/mol. The molecule has 29 heavy (non-hydrogen) atoms. The molecule has 2 aromatic carbocycles. The number of hydrogen-bond acceptors (Lipinski definition) is 4. The molecular weight excluding hydrogens is 435 g/mol. The number of nitrogens with one attached hydrogen (secondary N) is 2. The molecule has 0 spiro atoms. The van der Waals surface area contributed by atoms with Crippen molar-refractivity contribution in [2.24, 2.45) is 5.92 Å². The Morgan fingerprint density at radius 3 is 2.28 bits per heavy atom. The molecule has 2 N–H and O–H groups in total. The molecule has 0 bridgehead atoms. The van der Waals surface area contributed by atoms with Crippen LogP contribution in [-0.2, 0) is 14.6 Å². The molecule has 1 unspecified atom stereocenters. The van der Waals surface area contributed by atoms with Gasteiger partial charge in [-0.25, -0.2) is 8.42 Å². The number of sulfone groups is 1. The van der Waals surface area contributed by atoms with Crippen molar-refractivity contribution < 1.29 is 18.0 Å². The molecule has 0 saturated heterocycles. The van der Waals surface area contributed by atoms with Gasteiger partial charge in [0.2, 0.25) is 5.91 Å². The van der Waals surface area contributed by atoms with E-state index in [0.29, 0.717) is 5.02 Å². The maximum absolute atomic E-state index is 12.5. The molecule has 0 radical (unpaired) electrons. The van der Waals surface area contributed by atoms with Crippen molar-refractivity contribution in [2.45, 2.75) is 24.8 Å². The summed E-state index contributed by atoms with van der Waals surface area (Å²) in [6, 6.07) is 11.6. The van der Waals surface area contributed by atoms with Gasteiger partial charge < -0.3 is 10.6 Å². The van der Waals surface area contributed by atoms with Crippen LogP contribution < -0.4 is 10.6 Å². The Hall–Kier alpha value is -2.09. The summed E-state index contributed by atoms with van der Waals surface area (Å²) < 4.78 is 24.6. The Bertz CT molecular complexity index is 979. The van der Waals surface area contributed by atoms with Crippen molar-refractivity contribution in [3.63, 3.8) is 0 Å². The summed E-state index contributed by atoms with van der Waals surface area (Å²) in [7, 11) is -3.51. The van der Waals surface area contributed by atoms with Gasteiger partial charge in [0.25, 0.3) is 5.91 Å². The third kappa shape index (κ3) is 6.45. The van der Waals surface area contributed by atoms with Crippen LogP contribution in [0.15, 0.2) is 53.4 Å². The average molecular weight is 457 g/mol. The van der Waals surface area contributed by atoms with Gasteiger partial charge in [-0.1, -0.05) is 55.2 Å². The Kier molecular flexibility index (Phi) is 8.07. The summed E-state index contributed by atoms with van der Waals surface area (Å²) in [6.45, 7) is 3.47. The molecule has 0 aliphatic rings. The van der Waals surface area contributed by atoms with Gasteiger partial charge in [0.05, 0.1) is 21.2 Å². The Balaban J connectivity index is 2.00. The third-order valence-corrected chi connectivity index (χ3v) is 6.46. The summed E-state index contributed by atoms with van der Waals surface area (Å²) in [6.07, 6.45) is 0. The van der Waals surface area contributed by atoms with Gasteiger partial charge in [-0.2, -0.15) is 0 Å². The maximum Gasteiger partial charge on any atom is 0.253 e. The minimum absolute atomic E-state index is 0.0726. The molecule has 0 saturated carbocycles. The highest BCUT2D eigenvalue weighted by Gasteiger charge is 2.26. The van der Waals surface area contributed by atoms with E-state index in [4.69, 9.17) is 23.2 Å². The van der Waals surface area contributed by atoms with Crippen LogP contribution in [0, 0.1) is 5.92 Å². The second kappa shape index (κ2) is 10.1. The van der Waals surface area contributed by atoms with Crippen molar-refractivity contribution >= 4 is 44.9 Å². The molecule has 1 atom stereocenters. The molecule has 0 fully saturated rings. The average Bonchev–Trinajstić information content (AvgIpc) is 2.66. The third-order valence-electron chi connectivity index (χ3n) is 4.18. The first-order valence-corrected chi connectivity index (χ1v) is 11.3. The SMILES string of the molecule is CC(C)C(NC(=O)c1ccc(Cl)cc1Cl)C(=O)NCCS(=O)(=O)c1ccccc1. The zero-order chi connectivity index (χ0) is 21.6. The van der Waals surface area contributed by atoms with Gasteiger partial charge in [-0.05, 0) is 36.2 Å². The summed E-state index contributed by atoms with van der Waals surface area (Å²) in [5.41, 5.74) is 0.196. The van der Waals surface area contributed by atoms with E-state index in [1.165, 1.54) is 30.3 Å². The van der Waals surface area contributed by atoms with E-state index in [9.17, 15) is 18.0 Å². The maximum atomic E-state index is 12.5. The van der Waals surface area contributed by atoms with Crippen molar-refractivity contribution in [1.29, 1.82) is 0 Å². The monoisotopic (exact) mass is 456 g/mol. The largest absolute Gasteiger partial charge is 0.353 e. The Morgan fingerprint density at radius 2 is 1.69 bits per heavy atom. The van der Waals surface area contributed by atoms with E-state index in [1.54, 1.807) is 32.0 Å². The summed E-state index contributed by atoms with van der Waals surface area (Å²) in [4.78, 5) is 25.2. The minimum Gasteiger partial charge on any atom is -0.353 e. The lowest BCUT2D eigenvalue weighted by molar-refractivity contribution is -0.123. The molecule has 156 valence electrons. The summed E-state index contributed by atoms with van der Waals surface area (Å²) >= 11 is 11.9. The van der Waals surface area contributed by atoms with E-state index < -0.39 is 27.7 Å². The van der Waals surface area contributed by atoms with Crippen molar-refractivity contribution in [3.8, 4) is 0 Å². The van der Waals surface area contributed by atoms with E-state index in [0.717, 1.165) is 0 Å². The molecule has 0 heterocycles. The Labute approximate surface area is 180 Å². The van der Waals surface area contributed by atoms with Crippen LogP contribution in [0.5, 0.6) is 0 Å². The van der Waals surface area contributed by atoms with Crippen LogP contribution in [0.25, 0.3) is 0 Å². The fraction of sp³-hybridized carbons (Fsp3) is 0.300. The van der Waals surface area contributed by atoms with Crippen molar-refractivity contribution in [1.82, 2.24) is 10.6 Å². The molecule has 0 aromatic heterocycles. The second-order valence-corrected chi connectivity index (χ2v) is 9.70. The summed E-state index contributed by atoms with van der Waals surface area (Å²) in [5, 5.41) is 5.79. The van der Waals surface area contributed by atoms with Crippen LogP contribution in [0.4, 0.5) is 0 Å². The molecule has 9 heteroatoms.